The van der Waals surface area contributed by atoms with Gasteiger partial charge in [-0.1, -0.05) is 18.2 Å². The van der Waals surface area contributed by atoms with Crippen LogP contribution in [0.1, 0.15) is 6.42 Å². The van der Waals surface area contributed by atoms with Crippen LogP contribution in [0.3, 0.4) is 0 Å². The lowest BCUT2D eigenvalue weighted by atomic mass is 10.0. The first-order valence-corrected chi connectivity index (χ1v) is 8.02. The smallest absolute Gasteiger partial charge is 0.244 e. The number of nitrogens with one attached hydrogen (secondary N) is 1. The number of amides is 1. The second-order valence-electron chi connectivity index (χ2n) is 4.91. The molecule has 1 atom stereocenters. The van der Waals surface area contributed by atoms with Crippen LogP contribution in [0.2, 0.25) is 0 Å². The molecule has 2 rings (SSSR count). The van der Waals surface area contributed by atoms with E-state index in [-0.39, 0.29) is 18.0 Å². The van der Waals surface area contributed by atoms with Crippen molar-refractivity contribution in [2.45, 2.75) is 16.9 Å². The maximum atomic E-state index is 11.9. The number of benzene rings is 1. The molecule has 1 aliphatic rings. The normalized spacial score (nSPS) is 22.5. The summed E-state index contributed by atoms with van der Waals surface area (Å²) in [5.41, 5.74) is -1.07. The third kappa shape index (κ3) is 4.38. The Morgan fingerprint density at radius 3 is 2.71 bits per heavy atom. The molecule has 0 aromatic heterocycles. The molecule has 1 fully saturated rings. The Bertz CT molecular complexity index is 618. The van der Waals surface area contributed by atoms with Crippen LogP contribution in [0.4, 0.5) is 0 Å². The number of carbonyl (C=O) groups is 1. The van der Waals surface area contributed by atoms with E-state index >= 15 is 0 Å². The van der Waals surface area contributed by atoms with E-state index in [0.29, 0.717) is 13.0 Å². The minimum atomic E-state index is -3.64. The van der Waals surface area contributed by atoms with Gasteiger partial charge < -0.3 is 15.2 Å². The molecule has 0 spiro atoms. The number of aliphatic hydroxyl groups is 1. The van der Waals surface area contributed by atoms with Crippen molar-refractivity contribution < 1.29 is 23.1 Å². The van der Waals surface area contributed by atoms with Crippen molar-refractivity contribution in [3.63, 3.8) is 0 Å². The molecule has 7 heteroatoms. The summed E-state index contributed by atoms with van der Waals surface area (Å²) in [5.74, 6) is -0.574. The van der Waals surface area contributed by atoms with E-state index in [2.05, 4.69) is 5.32 Å². The fourth-order valence-electron chi connectivity index (χ4n) is 1.89. The van der Waals surface area contributed by atoms with Crippen molar-refractivity contribution in [2.75, 3.05) is 19.8 Å². The average Bonchev–Trinajstić information content (AvgIpc) is 2.91. The predicted molar refractivity (Wildman–Crippen MR) is 76.2 cm³/mol. The average molecular weight is 311 g/mol. The van der Waals surface area contributed by atoms with Gasteiger partial charge in [0.15, 0.2) is 9.84 Å². The lowest BCUT2D eigenvalue weighted by Gasteiger charge is -2.19. The second-order valence-corrected chi connectivity index (χ2v) is 6.74. The van der Waals surface area contributed by atoms with E-state index in [4.69, 9.17) is 4.74 Å². The quantitative estimate of drug-likeness (QED) is 0.760. The van der Waals surface area contributed by atoms with Crippen LogP contribution in [0, 0.1) is 0 Å². The first-order chi connectivity index (χ1) is 9.91. The number of ether oxygens (including phenoxy) is 1. The summed E-state index contributed by atoms with van der Waals surface area (Å²) in [4.78, 5) is 11.7. The van der Waals surface area contributed by atoms with Crippen LogP contribution in [0.15, 0.2) is 46.7 Å². The third-order valence-corrected chi connectivity index (χ3v) is 4.57. The van der Waals surface area contributed by atoms with Gasteiger partial charge in [0.25, 0.3) is 0 Å². The summed E-state index contributed by atoms with van der Waals surface area (Å²) in [7, 11) is -3.64. The van der Waals surface area contributed by atoms with E-state index in [9.17, 15) is 18.3 Å². The Balaban J connectivity index is 1.93. The molecule has 0 radical (unpaired) electrons. The Morgan fingerprint density at radius 1 is 1.38 bits per heavy atom. The van der Waals surface area contributed by atoms with Crippen molar-refractivity contribution >= 4 is 15.7 Å². The Labute approximate surface area is 123 Å². The lowest BCUT2D eigenvalue weighted by Crippen LogP contribution is -2.42. The van der Waals surface area contributed by atoms with Crippen molar-refractivity contribution in [2.24, 2.45) is 0 Å². The Morgan fingerprint density at radius 2 is 2.10 bits per heavy atom. The van der Waals surface area contributed by atoms with Gasteiger partial charge in [0, 0.05) is 31.1 Å². The van der Waals surface area contributed by atoms with Gasteiger partial charge in [0.05, 0.1) is 11.5 Å². The largest absolute Gasteiger partial charge is 0.386 e. The Kier molecular flexibility index (Phi) is 4.76. The number of hydrogen-bond acceptors (Lipinski definition) is 5. The van der Waals surface area contributed by atoms with Crippen LogP contribution in [-0.4, -0.2) is 44.8 Å². The third-order valence-electron chi connectivity index (χ3n) is 3.14. The standard InChI is InChI=1S/C14H17NO5S/c16-13(15-10-14(17)7-8-20-11-14)6-9-21(18,19)12-4-2-1-3-5-12/h1-6,9,17H,7-8,10-11H2,(H,15,16)/b9-6+. The van der Waals surface area contributed by atoms with Crippen LogP contribution in [0.25, 0.3) is 0 Å². The van der Waals surface area contributed by atoms with Gasteiger partial charge in [-0.15, -0.1) is 0 Å². The molecule has 21 heavy (non-hydrogen) atoms. The molecule has 1 unspecified atom stereocenters. The van der Waals surface area contributed by atoms with Crippen molar-refractivity contribution in [1.29, 1.82) is 0 Å². The topological polar surface area (TPSA) is 92.7 Å². The lowest BCUT2D eigenvalue weighted by molar-refractivity contribution is -0.117. The molecule has 0 bridgehead atoms. The first kappa shape index (κ1) is 15.7. The molecule has 1 aliphatic heterocycles. The monoisotopic (exact) mass is 311 g/mol. The minimum absolute atomic E-state index is 0.0293. The molecular formula is C14H17NO5S. The SMILES string of the molecule is O=C(/C=C/S(=O)(=O)c1ccccc1)NCC1(O)CCOC1. The fraction of sp³-hybridized carbons (Fsp3) is 0.357. The van der Waals surface area contributed by atoms with Gasteiger partial charge in [-0.3, -0.25) is 4.79 Å². The molecule has 2 N–H and O–H groups in total. The fourth-order valence-corrected chi connectivity index (χ4v) is 2.88. The molecule has 0 aliphatic carbocycles. The van der Waals surface area contributed by atoms with Gasteiger partial charge in [-0.05, 0) is 12.1 Å². The summed E-state index contributed by atoms with van der Waals surface area (Å²) in [6, 6.07) is 7.83. The highest BCUT2D eigenvalue weighted by atomic mass is 32.2. The molecular weight excluding hydrogens is 294 g/mol. The minimum Gasteiger partial charge on any atom is -0.386 e. The summed E-state index contributed by atoms with van der Waals surface area (Å²) >= 11 is 0. The summed E-state index contributed by atoms with van der Waals surface area (Å²) in [6.07, 6.45) is 1.39. The molecule has 1 aromatic carbocycles. The van der Waals surface area contributed by atoms with Crippen molar-refractivity contribution in [3.05, 3.63) is 41.8 Å². The molecule has 114 valence electrons. The zero-order valence-corrected chi connectivity index (χ0v) is 12.2. The summed E-state index contributed by atoms with van der Waals surface area (Å²) in [6.45, 7) is 0.644. The highest BCUT2D eigenvalue weighted by Gasteiger charge is 2.32. The zero-order chi connectivity index (χ0) is 15.3. The van der Waals surface area contributed by atoms with Crippen molar-refractivity contribution in [1.82, 2.24) is 5.32 Å². The van der Waals surface area contributed by atoms with E-state index < -0.39 is 21.3 Å². The van der Waals surface area contributed by atoms with E-state index in [1.54, 1.807) is 18.2 Å². The molecule has 1 amide bonds. The van der Waals surface area contributed by atoms with E-state index in [1.807, 2.05) is 0 Å². The Hall–Kier alpha value is -1.70. The van der Waals surface area contributed by atoms with E-state index in [1.165, 1.54) is 12.1 Å². The number of rotatable bonds is 5. The first-order valence-electron chi connectivity index (χ1n) is 6.48. The van der Waals surface area contributed by atoms with Crippen LogP contribution in [0.5, 0.6) is 0 Å². The van der Waals surface area contributed by atoms with Gasteiger partial charge in [-0.2, -0.15) is 0 Å². The number of hydrogen-bond donors (Lipinski definition) is 2. The zero-order valence-electron chi connectivity index (χ0n) is 11.4. The summed E-state index contributed by atoms with van der Waals surface area (Å²) in [5, 5.41) is 13.3. The van der Waals surface area contributed by atoms with Crippen molar-refractivity contribution in [3.8, 4) is 0 Å². The molecule has 6 nitrogen and oxygen atoms in total. The maximum Gasteiger partial charge on any atom is 0.244 e. The van der Waals surface area contributed by atoms with Crippen LogP contribution >= 0.6 is 0 Å². The van der Waals surface area contributed by atoms with Gasteiger partial charge >= 0.3 is 0 Å². The van der Waals surface area contributed by atoms with Gasteiger partial charge in [0.1, 0.15) is 5.60 Å². The second kappa shape index (κ2) is 6.38. The summed E-state index contributed by atoms with van der Waals surface area (Å²) < 4.78 is 28.9. The molecule has 1 aromatic rings. The number of sulfone groups is 1. The maximum absolute atomic E-state index is 11.9. The number of carbonyl (C=O) groups excluding carboxylic acids is 1. The highest BCUT2D eigenvalue weighted by molar-refractivity contribution is 7.94. The molecule has 1 heterocycles. The van der Waals surface area contributed by atoms with Crippen LogP contribution in [-0.2, 0) is 19.4 Å². The van der Waals surface area contributed by atoms with Gasteiger partial charge in [-0.25, -0.2) is 8.42 Å². The highest BCUT2D eigenvalue weighted by Crippen LogP contribution is 2.17. The molecule has 1 saturated heterocycles. The van der Waals surface area contributed by atoms with Crippen LogP contribution < -0.4 is 5.32 Å². The predicted octanol–water partition coefficient (Wildman–Crippen LogP) is 0.242. The van der Waals surface area contributed by atoms with E-state index in [0.717, 1.165) is 11.5 Å². The molecule has 0 saturated carbocycles. The van der Waals surface area contributed by atoms with Gasteiger partial charge in [0.2, 0.25) is 5.91 Å².